The zero-order valence-electron chi connectivity index (χ0n) is 13.1. The molecular weight excluding hydrogens is 304 g/mol. The van der Waals surface area contributed by atoms with Gasteiger partial charge in [-0.05, 0) is 36.1 Å². The van der Waals surface area contributed by atoms with Crippen molar-refractivity contribution in [3.63, 3.8) is 0 Å². The van der Waals surface area contributed by atoms with Crippen molar-refractivity contribution in [3.05, 3.63) is 71.5 Å². The number of aryl methyl sites for hydroxylation is 1. The van der Waals surface area contributed by atoms with Crippen LogP contribution in [0.3, 0.4) is 0 Å². The number of fused-ring (bicyclic) bond motifs is 2. The Labute approximate surface area is 139 Å². The third-order valence-electron chi connectivity index (χ3n) is 5.00. The molecule has 1 aliphatic rings. The van der Waals surface area contributed by atoms with Crippen LogP contribution in [0.2, 0.25) is 0 Å². The van der Waals surface area contributed by atoms with Crippen molar-refractivity contribution in [1.82, 2.24) is 0 Å². The molecule has 2 aromatic carbocycles. The van der Waals surface area contributed by atoms with Gasteiger partial charge in [-0.25, -0.2) is 0 Å². The highest BCUT2D eigenvalue weighted by atomic mass is 16.4. The van der Waals surface area contributed by atoms with Crippen LogP contribution in [0.15, 0.2) is 59.0 Å². The fourth-order valence-corrected chi connectivity index (χ4v) is 3.83. The van der Waals surface area contributed by atoms with Gasteiger partial charge < -0.3 is 14.6 Å². The molecule has 0 fully saturated rings. The summed E-state index contributed by atoms with van der Waals surface area (Å²) in [6, 6.07) is 17.1. The number of benzene rings is 2. The maximum Gasteiger partial charge on any atom is 0.303 e. The van der Waals surface area contributed by atoms with E-state index in [0.717, 1.165) is 22.9 Å². The zero-order chi connectivity index (χ0) is 16.7. The lowest BCUT2D eigenvalue weighted by molar-refractivity contribution is -0.141. The van der Waals surface area contributed by atoms with Crippen molar-refractivity contribution in [1.29, 1.82) is 0 Å². The average Bonchev–Trinajstić information content (AvgIpc) is 3.02. The van der Waals surface area contributed by atoms with Crippen LogP contribution in [0.4, 0.5) is 0 Å². The molecule has 0 saturated carbocycles. The number of hydrogen-bond donors (Lipinski definition) is 2. The fraction of sp³-hybridized carbons (Fsp3) is 0.250. The van der Waals surface area contributed by atoms with E-state index >= 15 is 0 Å². The number of carboxylic acids is 1. The number of furan rings is 1. The lowest BCUT2D eigenvalue weighted by atomic mass is 9.69. The van der Waals surface area contributed by atoms with E-state index in [1.807, 2.05) is 54.6 Å². The van der Waals surface area contributed by atoms with Crippen LogP contribution in [0.25, 0.3) is 11.0 Å². The largest absolute Gasteiger partial charge is 0.481 e. The summed E-state index contributed by atoms with van der Waals surface area (Å²) >= 11 is 0. The van der Waals surface area contributed by atoms with Crippen LogP contribution >= 0.6 is 0 Å². The Morgan fingerprint density at radius 1 is 1.17 bits per heavy atom. The van der Waals surface area contributed by atoms with Gasteiger partial charge in [0.25, 0.3) is 0 Å². The Hall–Kier alpha value is -2.59. The topological polar surface area (TPSA) is 70.7 Å². The Kier molecular flexibility index (Phi) is 3.43. The maximum atomic E-state index is 11.6. The number of carboxylic acid groups (broad SMARTS) is 1. The number of aliphatic hydroxyl groups is 1. The minimum absolute atomic E-state index is 0.0954. The second-order valence-electron chi connectivity index (χ2n) is 6.41. The molecule has 122 valence electrons. The first kappa shape index (κ1) is 15.0. The van der Waals surface area contributed by atoms with Crippen molar-refractivity contribution in [2.24, 2.45) is 5.92 Å². The van der Waals surface area contributed by atoms with Gasteiger partial charge in [0.2, 0.25) is 0 Å². The van der Waals surface area contributed by atoms with Crippen molar-refractivity contribution >= 4 is 16.9 Å². The standard InChI is InChI=1S/C20H18O4/c21-19(22)12-15-10-9-13-5-1-3-7-16(13)20(15,23)18-11-14-6-2-4-8-17(14)24-18/h1-8,11,15,23H,9-10,12H2,(H,21,22). The normalized spacial score (nSPS) is 23.1. The monoisotopic (exact) mass is 322 g/mol. The first-order valence-electron chi connectivity index (χ1n) is 8.10. The smallest absolute Gasteiger partial charge is 0.303 e. The van der Waals surface area contributed by atoms with Crippen LogP contribution in [0, 0.1) is 5.92 Å². The molecule has 0 saturated heterocycles. The van der Waals surface area contributed by atoms with E-state index < -0.39 is 17.5 Å². The molecule has 1 heterocycles. The van der Waals surface area contributed by atoms with Gasteiger partial charge in [0.1, 0.15) is 11.3 Å². The quantitative estimate of drug-likeness (QED) is 0.771. The predicted molar refractivity (Wildman–Crippen MR) is 89.7 cm³/mol. The number of aliphatic carboxylic acids is 1. The van der Waals surface area contributed by atoms with Gasteiger partial charge in [0.15, 0.2) is 5.60 Å². The van der Waals surface area contributed by atoms with Crippen LogP contribution in [0.5, 0.6) is 0 Å². The number of carbonyl (C=O) groups is 1. The van der Waals surface area contributed by atoms with E-state index in [2.05, 4.69) is 0 Å². The van der Waals surface area contributed by atoms with E-state index in [1.165, 1.54) is 0 Å². The molecule has 4 nitrogen and oxygen atoms in total. The summed E-state index contributed by atoms with van der Waals surface area (Å²) in [5.41, 5.74) is 1.06. The first-order chi connectivity index (χ1) is 11.6. The van der Waals surface area contributed by atoms with E-state index in [1.54, 1.807) is 0 Å². The summed E-state index contributed by atoms with van der Waals surface area (Å²) in [5.74, 6) is -0.915. The van der Waals surface area contributed by atoms with Gasteiger partial charge in [-0.3, -0.25) is 4.79 Å². The van der Waals surface area contributed by atoms with Gasteiger partial charge >= 0.3 is 5.97 Å². The molecule has 0 radical (unpaired) electrons. The average molecular weight is 322 g/mol. The predicted octanol–water partition coefficient (Wildman–Crippen LogP) is 3.71. The molecule has 1 aromatic heterocycles. The third-order valence-corrected chi connectivity index (χ3v) is 5.00. The zero-order valence-corrected chi connectivity index (χ0v) is 13.1. The van der Waals surface area contributed by atoms with E-state index in [9.17, 15) is 15.0 Å². The summed E-state index contributed by atoms with van der Waals surface area (Å²) in [6.07, 6.45) is 1.27. The first-order valence-corrected chi connectivity index (χ1v) is 8.10. The lowest BCUT2D eigenvalue weighted by Gasteiger charge is -2.39. The van der Waals surface area contributed by atoms with Crippen molar-refractivity contribution < 1.29 is 19.4 Å². The summed E-state index contributed by atoms with van der Waals surface area (Å²) in [7, 11) is 0. The fourth-order valence-electron chi connectivity index (χ4n) is 3.83. The van der Waals surface area contributed by atoms with Crippen LogP contribution in [-0.2, 0) is 16.8 Å². The highest BCUT2D eigenvalue weighted by Gasteiger charge is 2.47. The number of rotatable bonds is 3. The van der Waals surface area contributed by atoms with E-state index in [-0.39, 0.29) is 6.42 Å². The van der Waals surface area contributed by atoms with Gasteiger partial charge in [-0.15, -0.1) is 0 Å². The minimum atomic E-state index is -1.42. The van der Waals surface area contributed by atoms with Crippen LogP contribution in [-0.4, -0.2) is 16.2 Å². The molecule has 4 rings (SSSR count). The van der Waals surface area contributed by atoms with Gasteiger partial charge in [-0.1, -0.05) is 42.5 Å². The van der Waals surface area contributed by atoms with E-state index in [0.29, 0.717) is 17.8 Å². The molecule has 2 atom stereocenters. The second-order valence-corrected chi connectivity index (χ2v) is 6.41. The Bertz CT molecular complexity index is 878. The highest BCUT2D eigenvalue weighted by molar-refractivity contribution is 5.78. The summed E-state index contributed by atoms with van der Waals surface area (Å²) in [5, 5.41) is 21.8. The SMILES string of the molecule is O=C(O)CC1CCc2ccccc2C1(O)c1cc2ccccc2o1. The molecule has 3 aromatic rings. The molecule has 0 spiro atoms. The van der Waals surface area contributed by atoms with Crippen molar-refractivity contribution in [2.75, 3.05) is 0 Å². The Morgan fingerprint density at radius 2 is 1.92 bits per heavy atom. The molecule has 0 aliphatic heterocycles. The number of para-hydroxylation sites is 1. The highest BCUT2D eigenvalue weighted by Crippen LogP contribution is 2.47. The summed E-state index contributed by atoms with van der Waals surface area (Å²) < 4.78 is 5.94. The molecule has 2 unspecified atom stereocenters. The molecule has 0 amide bonds. The van der Waals surface area contributed by atoms with Crippen LogP contribution in [0.1, 0.15) is 29.7 Å². The molecule has 1 aliphatic carbocycles. The lowest BCUT2D eigenvalue weighted by Crippen LogP contribution is -2.41. The second kappa shape index (κ2) is 5.49. The summed E-state index contributed by atoms with van der Waals surface area (Å²) in [6.45, 7) is 0. The number of hydrogen-bond acceptors (Lipinski definition) is 3. The van der Waals surface area contributed by atoms with Crippen molar-refractivity contribution in [2.45, 2.75) is 24.9 Å². The molecule has 2 N–H and O–H groups in total. The van der Waals surface area contributed by atoms with Gasteiger partial charge in [-0.2, -0.15) is 0 Å². The van der Waals surface area contributed by atoms with Gasteiger partial charge in [0, 0.05) is 11.3 Å². The maximum absolute atomic E-state index is 11.6. The Morgan fingerprint density at radius 3 is 2.71 bits per heavy atom. The minimum Gasteiger partial charge on any atom is -0.481 e. The molecule has 24 heavy (non-hydrogen) atoms. The molecular formula is C20H18O4. The van der Waals surface area contributed by atoms with Crippen molar-refractivity contribution in [3.8, 4) is 0 Å². The third kappa shape index (κ3) is 2.22. The Balaban J connectivity index is 1.92. The van der Waals surface area contributed by atoms with E-state index in [4.69, 9.17) is 4.42 Å². The van der Waals surface area contributed by atoms with Gasteiger partial charge in [0.05, 0.1) is 6.42 Å². The molecule has 0 bridgehead atoms. The van der Waals surface area contributed by atoms with Crippen LogP contribution < -0.4 is 0 Å². The summed E-state index contributed by atoms with van der Waals surface area (Å²) in [4.78, 5) is 11.3. The molecule has 4 heteroatoms.